The summed E-state index contributed by atoms with van der Waals surface area (Å²) >= 11 is 0.476. The minimum absolute atomic E-state index is 0.0731. The Balaban J connectivity index is 2.27. The number of rotatable bonds is 4. The standard InChI is InChI=1S/C13H11F3N2O2S/c1-7(8-5-3-2-4-6-8)17-12-18-10(13(14,15)16)9(21-12)11(19)20/h2-7H,1H3,(H,17,18)(H,19,20)/t7-/m0/s1. The van der Waals surface area contributed by atoms with Gasteiger partial charge < -0.3 is 10.4 Å². The zero-order valence-electron chi connectivity index (χ0n) is 10.8. The average Bonchev–Trinajstić information content (AvgIpc) is 2.84. The summed E-state index contributed by atoms with van der Waals surface area (Å²) < 4.78 is 38.2. The molecule has 0 bridgehead atoms. The van der Waals surface area contributed by atoms with E-state index >= 15 is 0 Å². The first-order chi connectivity index (χ1) is 9.79. The SMILES string of the molecule is C[C@H](Nc1nc(C(F)(F)F)c(C(=O)O)s1)c1ccccc1. The van der Waals surface area contributed by atoms with Crippen LogP contribution >= 0.6 is 11.3 Å². The van der Waals surface area contributed by atoms with Crippen LogP contribution < -0.4 is 5.32 Å². The van der Waals surface area contributed by atoms with Gasteiger partial charge in [0.2, 0.25) is 0 Å². The summed E-state index contributed by atoms with van der Waals surface area (Å²) in [6, 6.07) is 8.77. The van der Waals surface area contributed by atoms with Gasteiger partial charge in [0.05, 0.1) is 6.04 Å². The van der Waals surface area contributed by atoms with Crippen molar-refractivity contribution in [1.82, 2.24) is 4.98 Å². The van der Waals surface area contributed by atoms with E-state index in [1.807, 2.05) is 18.2 Å². The molecule has 0 aliphatic carbocycles. The fourth-order valence-electron chi connectivity index (χ4n) is 1.73. The summed E-state index contributed by atoms with van der Waals surface area (Å²) in [7, 11) is 0. The molecular formula is C13H11F3N2O2S. The van der Waals surface area contributed by atoms with E-state index in [2.05, 4.69) is 10.3 Å². The topological polar surface area (TPSA) is 62.2 Å². The Morgan fingerprint density at radius 2 is 1.95 bits per heavy atom. The molecule has 21 heavy (non-hydrogen) atoms. The van der Waals surface area contributed by atoms with Gasteiger partial charge in [0.25, 0.3) is 0 Å². The predicted octanol–water partition coefficient (Wildman–Crippen LogP) is 4.03. The van der Waals surface area contributed by atoms with Crippen molar-refractivity contribution in [2.24, 2.45) is 0 Å². The number of halogens is 3. The van der Waals surface area contributed by atoms with Crippen LogP contribution in [0.15, 0.2) is 30.3 Å². The number of alkyl halides is 3. The molecule has 0 fully saturated rings. The van der Waals surface area contributed by atoms with Gasteiger partial charge in [-0.25, -0.2) is 9.78 Å². The van der Waals surface area contributed by atoms with Gasteiger partial charge in [0.1, 0.15) is 4.88 Å². The maximum Gasteiger partial charge on any atom is 0.435 e. The summed E-state index contributed by atoms with van der Waals surface area (Å²) in [5.41, 5.74) is -0.513. The van der Waals surface area contributed by atoms with Gasteiger partial charge in [-0.1, -0.05) is 41.7 Å². The van der Waals surface area contributed by atoms with Crippen molar-refractivity contribution in [3.05, 3.63) is 46.5 Å². The van der Waals surface area contributed by atoms with Crippen LogP contribution in [0.2, 0.25) is 0 Å². The zero-order chi connectivity index (χ0) is 15.6. The van der Waals surface area contributed by atoms with Crippen LogP contribution in [0.4, 0.5) is 18.3 Å². The van der Waals surface area contributed by atoms with E-state index in [1.54, 1.807) is 19.1 Å². The molecule has 2 aromatic rings. The molecule has 2 rings (SSSR count). The largest absolute Gasteiger partial charge is 0.477 e. The van der Waals surface area contributed by atoms with Gasteiger partial charge in [-0.3, -0.25) is 0 Å². The molecule has 0 amide bonds. The molecule has 0 unspecified atom stereocenters. The minimum atomic E-state index is -4.79. The van der Waals surface area contributed by atoms with E-state index in [0.717, 1.165) is 5.56 Å². The Morgan fingerprint density at radius 3 is 2.43 bits per heavy atom. The molecule has 0 aliphatic rings. The lowest BCUT2D eigenvalue weighted by atomic mass is 10.1. The van der Waals surface area contributed by atoms with Crippen molar-refractivity contribution >= 4 is 22.4 Å². The maximum atomic E-state index is 12.7. The third-order valence-electron chi connectivity index (χ3n) is 2.73. The molecule has 1 aromatic heterocycles. The molecule has 8 heteroatoms. The Hall–Kier alpha value is -2.09. The van der Waals surface area contributed by atoms with Gasteiger partial charge in [0.15, 0.2) is 10.8 Å². The highest BCUT2D eigenvalue weighted by molar-refractivity contribution is 7.17. The van der Waals surface area contributed by atoms with E-state index in [-0.39, 0.29) is 11.2 Å². The Kier molecular flexibility index (Phi) is 4.17. The highest BCUT2D eigenvalue weighted by atomic mass is 32.1. The van der Waals surface area contributed by atoms with E-state index in [9.17, 15) is 18.0 Å². The second-order valence-electron chi connectivity index (χ2n) is 4.28. The third-order valence-corrected chi connectivity index (χ3v) is 3.70. The number of aromatic nitrogens is 1. The smallest absolute Gasteiger partial charge is 0.435 e. The summed E-state index contributed by atoms with van der Waals surface area (Å²) in [4.78, 5) is 13.4. The van der Waals surface area contributed by atoms with Crippen LogP contribution in [-0.2, 0) is 6.18 Å². The lowest BCUT2D eigenvalue weighted by molar-refractivity contribution is -0.141. The first kappa shape index (κ1) is 15.3. The number of carboxylic acids is 1. The zero-order valence-corrected chi connectivity index (χ0v) is 11.6. The first-order valence-electron chi connectivity index (χ1n) is 5.92. The third kappa shape index (κ3) is 3.52. The minimum Gasteiger partial charge on any atom is -0.477 e. The fourth-order valence-corrected chi connectivity index (χ4v) is 2.64. The summed E-state index contributed by atoms with van der Waals surface area (Å²) in [6.07, 6.45) is -4.79. The molecule has 1 atom stereocenters. The van der Waals surface area contributed by atoms with Gasteiger partial charge in [-0.2, -0.15) is 13.2 Å². The monoisotopic (exact) mass is 316 g/mol. The number of hydrogen-bond acceptors (Lipinski definition) is 4. The molecule has 0 saturated heterocycles. The molecule has 2 N–H and O–H groups in total. The summed E-state index contributed by atoms with van der Waals surface area (Å²) in [5, 5.41) is 11.6. The number of carbonyl (C=O) groups is 1. The molecule has 112 valence electrons. The highest BCUT2D eigenvalue weighted by Gasteiger charge is 2.39. The van der Waals surface area contributed by atoms with Crippen molar-refractivity contribution in [1.29, 1.82) is 0 Å². The van der Waals surface area contributed by atoms with Crippen LogP contribution in [0.25, 0.3) is 0 Å². The second-order valence-corrected chi connectivity index (χ2v) is 5.28. The van der Waals surface area contributed by atoms with E-state index < -0.39 is 22.7 Å². The molecule has 0 saturated carbocycles. The molecule has 1 aromatic carbocycles. The Morgan fingerprint density at radius 1 is 1.33 bits per heavy atom. The summed E-state index contributed by atoms with van der Waals surface area (Å²) in [5.74, 6) is -1.64. The maximum absolute atomic E-state index is 12.7. The van der Waals surface area contributed by atoms with Crippen LogP contribution in [-0.4, -0.2) is 16.1 Å². The van der Waals surface area contributed by atoms with Crippen molar-refractivity contribution < 1.29 is 23.1 Å². The van der Waals surface area contributed by atoms with Crippen LogP contribution in [0, 0.1) is 0 Å². The number of hydrogen-bond donors (Lipinski definition) is 2. The number of carboxylic acid groups (broad SMARTS) is 1. The predicted molar refractivity (Wildman–Crippen MR) is 72.6 cm³/mol. The molecule has 1 heterocycles. The number of nitrogens with one attached hydrogen (secondary N) is 1. The van der Waals surface area contributed by atoms with Crippen LogP contribution in [0.1, 0.15) is 33.9 Å². The number of benzene rings is 1. The van der Waals surface area contributed by atoms with E-state index in [0.29, 0.717) is 11.3 Å². The number of thiazole rings is 1. The normalized spacial score (nSPS) is 13.0. The molecule has 0 spiro atoms. The first-order valence-corrected chi connectivity index (χ1v) is 6.73. The molecular weight excluding hydrogens is 305 g/mol. The second kappa shape index (κ2) is 5.72. The van der Waals surface area contributed by atoms with Crippen molar-refractivity contribution in [3.63, 3.8) is 0 Å². The lowest BCUT2D eigenvalue weighted by Gasteiger charge is -2.12. The number of nitrogens with zero attached hydrogens (tertiary/aromatic N) is 1. The Bertz CT molecular complexity index is 641. The number of anilines is 1. The van der Waals surface area contributed by atoms with Crippen molar-refractivity contribution in [2.45, 2.75) is 19.1 Å². The summed E-state index contributed by atoms with van der Waals surface area (Å²) in [6.45, 7) is 1.75. The van der Waals surface area contributed by atoms with Gasteiger partial charge in [-0.15, -0.1) is 0 Å². The number of aromatic carboxylic acids is 1. The molecule has 4 nitrogen and oxygen atoms in total. The van der Waals surface area contributed by atoms with Gasteiger partial charge >= 0.3 is 12.1 Å². The molecule has 0 radical (unpaired) electrons. The van der Waals surface area contributed by atoms with E-state index in [4.69, 9.17) is 5.11 Å². The fraction of sp³-hybridized carbons (Fsp3) is 0.231. The van der Waals surface area contributed by atoms with Gasteiger partial charge in [-0.05, 0) is 12.5 Å². The van der Waals surface area contributed by atoms with Crippen molar-refractivity contribution in [2.75, 3.05) is 5.32 Å². The Labute approximate surface area is 122 Å². The molecule has 0 aliphatic heterocycles. The van der Waals surface area contributed by atoms with E-state index in [1.165, 1.54) is 0 Å². The average molecular weight is 316 g/mol. The van der Waals surface area contributed by atoms with Crippen LogP contribution in [0.5, 0.6) is 0 Å². The quantitative estimate of drug-likeness (QED) is 0.894. The van der Waals surface area contributed by atoms with Gasteiger partial charge in [0, 0.05) is 0 Å². The lowest BCUT2D eigenvalue weighted by Crippen LogP contribution is -2.12. The highest BCUT2D eigenvalue weighted by Crippen LogP contribution is 2.37. The van der Waals surface area contributed by atoms with Crippen molar-refractivity contribution in [3.8, 4) is 0 Å². The van der Waals surface area contributed by atoms with Crippen LogP contribution in [0.3, 0.4) is 0 Å².